The molecule has 3 rings (SSSR count). The molecule has 3 N–H and O–H groups in total. The quantitative estimate of drug-likeness (QED) is 0.880. The molecule has 2 aliphatic rings. The van der Waals surface area contributed by atoms with Crippen molar-refractivity contribution in [1.82, 2.24) is 0 Å². The second kappa shape index (κ2) is 5.29. The molecular formula is C18H27NO2. The average Bonchev–Trinajstić information content (AvgIpc) is 2.45. The molecule has 0 amide bonds. The van der Waals surface area contributed by atoms with E-state index in [0.29, 0.717) is 25.0 Å². The summed E-state index contributed by atoms with van der Waals surface area (Å²) in [4.78, 5) is 0. The second-order valence-corrected chi connectivity index (χ2v) is 7.27. The van der Waals surface area contributed by atoms with Gasteiger partial charge in [-0.2, -0.15) is 0 Å². The predicted octanol–water partition coefficient (Wildman–Crippen LogP) is 2.85. The third-order valence-corrected chi connectivity index (χ3v) is 5.61. The van der Waals surface area contributed by atoms with Crippen LogP contribution in [0.1, 0.15) is 45.1 Å². The maximum atomic E-state index is 11.6. The Bertz CT molecular complexity index is 506. The van der Waals surface area contributed by atoms with Gasteiger partial charge in [0.1, 0.15) is 5.75 Å². The van der Waals surface area contributed by atoms with Gasteiger partial charge in [0.05, 0.1) is 12.2 Å². The summed E-state index contributed by atoms with van der Waals surface area (Å²) in [5, 5.41) is 11.6. The van der Waals surface area contributed by atoms with Gasteiger partial charge in [-0.1, -0.05) is 32.0 Å². The average molecular weight is 289 g/mol. The van der Waals surface area contributed by atoms with E-state index in [1.54, 1.807) is 0 Å². The molecule has 1 saturated carbocycles. The van der Waals surface area contributed by atoms with Crippen LogP contribution in [0.15, 0.2) is 24.3 Å². The van der Waals surface area contributed by atoms with Crippen LogP contribution in [-0.4, -0.2) is 23.9 Å². The fourth-order valence-corrected chi connectivity index (χ4v) is 4.82. The summed E-state index contributed by atoms with van der Waals surface area (Å²) >= 11 is 0. The van der Waals surface area contributed by atoms with Crippen LogP contribution in [0.3, 0.4) is 0 Å². The van der Waals surface area contributed by atoms with Gasteiger partial charge in [0.25, 0.3) is 0 Å². The summed E-state index contributed by atoms with van der Waals surface area (Å²) in [6, 6.07) is 8.10. The highest BCUT2D eigenvalue weighted by molar-refractivity contribution is 5.44. The minimum absolute atomic E-state index is 0.370. The van der Waals surface area contributed by atoms with Gasteiger partial charge in [-0.25, -0.2) is 0 Å². The van der Waals surface area contributed by atoms with E-state index in [9.17, 15) is 5.11 Å². The number of benzene rings is 1. The summed E-state index contributed by atoms with van der Waals surface area (Å²) in [5.74, 6) is 1.97. The maximum absolute atomic E-state index is 11.6. The fraction of sp³-hybridized carbons (Fsp3) is 0.667. The highest BCUT2D eigenvalue weighted by Gasteiger charge is 2.55. The monoisotopic (exact) mass is 289 g/mol. The van der Waals surface area contributed by atoms with Crippen molar-refractivity contribution in [3.05, 3.63) is 29.8 Å². The first-order valence-electron chi connectivity index (χ1n) is 8.15. The minimum Gasteiger partial charge on any atom is -0.493 e. The van der Waals surface area contributed by atoms with E-state index < -0.39 is 5.60 Å². The van der Waals surface area contributed by atoms with Crippen LogP contribution in [0.25, 0.3) is 0 Å². The first-order chi connectivity index (χ1) is 10.0. The summed E-state index contributed by atoms with van der Waals surface area (Å²) < 4.78 is 5.80. The highest BCUT2D eigenvalue weighted by atomic mass is 16.5. The molecule has 1 aliphatic carbocycles. The molecule has 0 radical (unpaired) electrons. The summed E-state index contributed by atoms with van der Waals surface area (Å²) in [7, 11) is 0. The van der Waals surface area contributed by atoms with Crippen molar-refractivity contribution in [2.24, 2.45) is 17.6 Å². The number of hydrogen-bond acceptors (Lipinski definition) is 3. The molecule has 0 bridgehead atoms. The highest BCUT2D eigenvalue weighted by Crippen LogP contribution is 2.52. The summed E-state index contributed by atoms with van der Waals surface area (Å²) in [6.45, 7) is 5.61. The number of aliphatic hydroxyl groups is 1. The maximum Gasteiger partial charge on any atom is 0.123 e. The van der Waals surface area contributed by atoms with E-state index in [4.69, 9.17) is 10.5 Å². The van der Waals surface area contributed by atoms with Gasteiger partial charge in [0.2, 0.25) is 0 Å². The lowest BCUT2D eigenvalue weighted by Gasteiger charge is -2.53. The molecule has 1 heterocycles. The zero-order chi connectivity index (χ0) is 15.1. The third kappa shape index (κ3) is 2.27. The largest absolute Gasteiger partial charge is 0.493 e. The minimum atomic E-state index is -0.723. The molecular weight excluding hydrogens is 262 g/mol. The Labute approximate surface area is 127 Å². The van der Waals surface area contributed by atoms with E-state index in [-0.39, 0.29) is 5.41 Å². The van der Waals surface area contributed by atoms with Crippen molar-refractivity contribution in [3.8, 4) is 5.75 Å². The number of rotatable bonds is 2. The van der Waals surface area contributed by atoms with Gasteiger partial charge in [-0.3, -0.25) is 0 Å². The Hall–Kier alpha value is -1.06. The second-order valence-electron chi connectivity index (χ2n) is 7.27. The van der Waals surface area contributed by atoms with Crippen molar-refractivity contribution in [2.75, 3.05) is 13.2 Å². The van der Waals surface area contributed by atoms with Crippen LogP contribution in [0.5, 0.6) is 5.75 Å². The Balaban J connectivity index is 2.09. The van der Waals surface area contributed by atoms with E-state index in [2.05, 4.69) is 19.9 Å². The molecule has 1 aliphatic heterocycles. The molecule has 116 valence electrons. The smallest absolute Gasteiger partial charge is 0.123 e. The standard InChI is InChI=1S/C18H27NO2/c1-13-9-14(2)11-18(20,10-13)17(12-19)7-8-21-16-6-4-3-5-15(16)17/h3-6,13-14,20H,7-12,19H2,1-2H3. The number of nitrogens with two attached hydrogens (primary N) is 1. The molecule has 3 unspecified atom stereocenters. The summed E-state index contributed by atoms with van der Waals surface area (Å²) in [6.07, 6.45) is 3.67. The molecule has 3 atom stereocenters. The lowest BCUT2D eigenvalue weighted by molar-refractivity contribution is -0.103. The Morgan fingerprint density at radius 1 is 1.24 bits per heavy atom. The number of para-hydroxylation sites is 1. The van der Waals surface area contributed by atoms with Crippen molar-refractivity contribution in [3.63, 3.8) is 0 Å². The lowest BCUT2D eigenvalue weighted by atomic mass is 9.56. The van der Waals surface area contributed by atoms with Crippen molar-refractivity contribution in [1.29, 1.82) is 0 Å². The number of ether oxygens (including phenoxy) is 1. The molecule has 1 fully saturated rings. The van der Waals surface area contributed by atoms with Gasteiger partial charge in [-0.05, 0) is 43.6 Å². The van der Waals surface area contributed by atoms with Crippen LogP contribution in [-0.2, 0) is 5.41 Å². The first-order valence-corrected chi connectivity index (χ1v) is 8.15. The van der Waals surface area contributed by atoms with Crippen LogP contribution in [0.2, 0.25) is 0 Å². The zero-order valence-electron chi connectivity index (χ0n) is 13.1. The van der Waals surface area contributed by atoms with E-state index in [1.807, 2.05) is 18.2 Å². The fourth-order valence-electron chi connectivity index (χ4n) is 4.82. The number of fused-ring (bicyclic) bond motifs is 1. The topological polar surface area (TPSA) is 55.5 Å². The van der Waals surface area contributed by atoms with Crippen LogP contribution in [0, 0.1) is 11.8 Å². The van der Waals surface area contributed by atoms with E-state index in [1.165, 1.54) is 6.42 Å². The van der Waals surface area contributed by atoms with Gasteiger partial charge in [-0.15, -0.1) is 0 Å². The molecule has 0 aromatic heterocycles. The van der Waals surface area contributed by atoms with Crippen LogP contribution < -0.4 is 10.5 Å². The predicted molar refractivity (Wildman–Crippen MR) is 84.4 cm³/mol. The van der Waals surface area contributed by atoms with Gasteiger partial charge in [0.15, 0.2) is 0 Å². The van der Waals surface area contributed by atoms with Gasteiger partial charge < -0.3 is 15.6 Å². The molecule has 1 aromatic rings. The normalized spacial score (nSPS) is 39.4. The molecule has 0 spiro atoms. The molecule has 1 aromatic carbocycles. The Morgan fingerprint density at radius 3 is 2.57 bits per heavy atom. The SMILES string of the molecule is CC1CC(C)CC(O)(C2(CN)CCOc3ccccc32)C1. The molecule has 21 heavy (non-hydrogen) atoms. The van der Waals surface area contributed by atoms with Gasteiger partial charge in [0, 0.05) is 17.5 Å². The zero-order valence-corrected chi connectivity index (χ0v) is 13.1. The molecule has 3 heteroatoms. The van der Waals surface area contributed by atoms with Crippen molar-refractivity contribution < 1.29 is 9.84 Å². The van der Waals surface area contributed by atoms with E-state index >= 15 is 0 Å². The lowest BCUT2D eigenvalue weighted by Crippen LogP contribution is -2.60. The molecule has 0 saturated heterocycles. The van der Waals surface area contributed by atoms with Crippen molar-refractivity contribution >= 4 is 0 Å². The van der Waals surface area contributed by atoms with E-state index in [0.717, 1.165) is 30.6 Å². The summed E-state index contributed by atoms with van der Waals surface area (Å²) in [5.41, 5.74) is 6.25. The Morgan fingerprint density at radius 2 is 1.90 bits per heavy atom. The van der Waals surface area contributed by atoms with Gasteiger partial charge >= 0.3 is 0 Å². The first kappa shape index (κ1) is 14.9. The van der Waals surface area contributed by atoms with Crippen molar-refractivity contribution in [2.45, 2.75) is 50.5 Å². The Kier molecular flexibility index (Phi) is 3.74. The van der Waals surface area contributed by atoms with Crippen LogP contribution in [0.4, 0.5) is 0 Å². The van der Waals surface area contributed by atoms with Crippen LogP contribution >= 0.6 is 0 Å². The number of hydrogen-bond donors (Lipinski definition) is 2. The molecule has 3 nitrogen and oxygen atoms in total. The third-order valence-electron chi connectivity index (χ3n) is 5.61.